The van der Waals surface area contributed by atoms with Crippen LogP contribution in [0.15, 0.2) is 85.1 Å². The van der Waals surface area contributed by atoms with Gasteiger partial charge in [-0.05, 0) is 29.3 Å². The molecule has 4 rings (SSSR count). The molecule has 0 radical (unpaired) electrons. The van der Waals surface area contributed by atoms with Crippen LogP contribution in [-0.4, -0.2) is 28.6 Å². The number of carbonyl (C=O) groups excluding carboxylic acids is 2. The standard InChI is InChI=1S/C25H22N2O3/c1-27(16-18-8-4-2-5-9-18)25(29)24(28)22-15-26-23-13-12-20(14-21(22)23)30-17-19-10-6-3-7-11-19/h2-15,26H,16-17H2,1H3. The molecular weight excluding hydrogens is 376 g/mol. The van der Waals surface area contributed by atoms with E-state index in [0.29, 0.717) is 29.9 Å². The monoisotopic (exact) mass is 398 g/mol. The van der Waals surface area contributed by atoms with Crippen LogP contribution < -0.4 is 4.74 Å². The number of amides is 1. The zero-order valence-corrected chi connectivity index (χ0v) is 16.7. The molecule has 0 saturated heterocycles. The van der Waals surface area contributed by atoms with E-state index in [1.807, 2.05) is 72.8 Å². The first kappa shape index (κ1) is 19.5. The van der Waals surface area contributed by atoms with Crippen molar-refractivity contribution in [2.24, 2.45) is 0 Å². The van der Waals surface area contributed by atoms with E-state index in [0.717, 1.165) is 16.6 Å². The lowest BCUT2D eigenvalue weighted by atomic mass is 10.1. The summed E-state index contributed by atoms with van der Waals surface area (Å²) in [6, 6.07) is 24.9. The predicted molar refractivity (Wildman–Crippen MR) is 116 cm³/mol. The number of aromatic nitrogens is 1. The number of ketones is 1. The Morgan fingerprint density at radius 3 is 2.27 bits per heavy atom. The van der Waals surface area contributed by atoms with Gasteiger partial charge in [-0.25, -0.2) is 0 Å². The number of benzene rings is 3. The fraction of sp³-hybridized carbons (Fsp3) is 0.120. The number of hydrogen-bond acceptors (Lipinski definition) is 3. The third-order valence-electron chi connectivity index (χ3n) is 4.95. The number of nitrogens with one attached hydrogen (secondary N) is 1. The lowest BCUT2D eigenvalue weighted by Gasteiger charge is -2.16. The summed E-state index contributed by atoms with van der Waals surface area (Å²) in [6.45, 7) is 0.804. The molecule has 0 fully saturated rings. The highest BCUT2D eigenvalue weighted by molar-refractivity contribution is 6.44. The van der Waals surface area contributed by atoms with Gasteiger partial charge in [0.2, 0.25) is 0 Å². The van der Waals surface area contributed by atoms with Gasteiger partial charge in [-0.2, -0.15) is 0 Å². The maximum atomic E-state index is 12.9. The number of fused-ring (bicyclic) bond motifs is 1. The average Bonchev–Trinajstić information content (AvgIpc) is 3.21. The van der Waals surface area contributed by atoms with Crippen LogP contribution in [0.1, 0.15) is 21.5 Å². The highest BCUT2D eigenvalue weighted by Gasteiger charge is 2.23. The summed E-state index contributed by atoms with van der Waals surface area (Å²) >= 11 is 0. The van der Waals surface area contributed by atoms with E-state index in [4.69, 9.17) is 4.74 Å². The second-order valence-corrected chi connectivity index (χ2v) is 7.16. The highest BCUT2D eigenvalue weighted by atomic mass is 16.5. The maximum absolute atomic E-state index is 12.9. The van der Waals surface area contributed by atoms with Crippen LogP contribution in [0.2, 0.25) is 0 Å². The van der Waals surface area contributed by atoms with Gasteiger partial charge in [0.25, 0.3) is 11.7 Å². The third kappa shape index (κ3) is 4.25. The maximum Gasteiger partial charge on any atom is 0.295 e. The van der Waals surface area contributed by atoms with E-state index >= 15 is 0 Å². The predicted octanol–water partition coefficient (Wildman–Crippen LogP) is 4.59. The number of rotatable bonds is 7. The molecule has 150 valence electrons. The number of hydrogen-bond donors (Lipinski definition) is 1. The first-order valence-corrected chi connectivity index (χ1v) is 9.73. The molecule has 1 amide bonds. The summed E-state index contributed by atoms with van der Waals surface area (Å²) in [4.78, 5) is 30.1. The van der Waals surface area contributed by atoms with Crippen LogP contribution >= 0.6 is 0 Å². The highest BCUT2D eigenvalue weighted by Crippen LogP contribution is 2.25. The summed E-state index contributed by atoms with van der Waals surface area (Å²) in [5, 5.41) is 0.673. The van der Waals surface area contributed by atoms with Gasteiger partial charge in [-0.15, -0.1) is 0 Å². The molecule has 0 aliphatic rings. The van der Waals surface area contributed by atoms with E-state index in [9.17, 15) is 9.59 Å². The van der Waals surface area contributed by atoms with Crippen molar-refractivity contribution >= 4 is 22.6 Å². The van der Waals surface area contributed by atoms with Crippen LogP contribution in [0.5, 0.6) is 5.75 Å². The zero-order chi connectivity index (χ0) is 20.9. The van der Waals surface area contributed by atoms with Gasteiger partial charge >= 0.3 is 0 Å². The number of carbonyl (C=O) groups is 2. The molecule has 3 aromatic carbocycles. The summed E-state index contributed by atoms with van der Waals surface area (Å²) < 4.78 is 5.87. The Morgan fingerprint density at radius 2 is 1.57 bits per heavy atom. The molecule has 0 atom stereocenters. The van der Waals surface area contributed by atoms with E-state index in [2.05, 4.69) is 4.98 Å². The van der Waals surface area contributed by atoms with Crippen LogP contribution in [-0.2, 0) is 17.9 Å². The molecule has 0 spiro atoms. The number of likely N-dealkylation sites (N-methyl/N-ethyl adjacent to an activating group) is 1. The Bertz CT molecular complexity index is 1170. The van der Waals surface area contributed by atoms with E-state index in [1.54, 1.807) is 19.3 Å². The summed E-state index contributed by atoms with van der Waals surface area (Å²) in [5.74, 6) is -0.444. The van der Waals surface area contributed by atoms with Crippen molar-refractivity contribution in [1.82, 2.24) is 9.88 Å². The Morgan fingerprint density at radius 1 is 0.900 bits per heavy atom. The average molecular weight is 398 g/mol. The normalized spacial score (nSPS) is 10.7. The number of Topliss-reactive ketones (excluding diaryl/α,β-unsaturated/α-hetero) is 1. The molecule has 30 heavy (non-hydrogen) atoms. The number of ether oxygens (including phenoxy) is 1. The molecule has 1 aromatic heterocycles. The van der Waals surface area contributed by atoms with Gasteiger partial charge in [0.1, 0.15) is 12.4 Å². The van der Waals surface area contributed by atoms with Crippen molar-refractivity contribution < 1.29 is 14.3 Å². The Balaban J connectivity index is 1.51. The second-order valence-electron chi connectivity index (χ2n) is 7.16. The Hall–Kier alpha value is -3.86. The van der Waals surface area contributed by atoms with E-state index in [1.165, 1.54) is 4.90 Å². The molecule has 0 unspecified atom stereocenters. The first-order valence-electron chi connectivity index (χ1n) is 9.73. The fourth-order valence-electron chi connectivity index (χ4n) is 3.34. The largest absolute Gasteiger partial charge is 0.489 e. The van der Waals surface area contributed by atoms with Crippen molar-refractivity contribution in [2.45, 2.75) is 13.2 Å². The van der Waals surface area contributed by atoms with Gasteiger partial charge < -0.3 is 14.6 Å². The molecule has 0 aliphatic heterocycles. The van der Waals surface area contributed by atoms with Crippen LogP contribution in [0.3, 0.4) is 0 Å². The first-order chi connectivity index (χ1) is 14.6. The molecule has 5 heteroatoms. The number of H-pyrrole nitrogens is 1. The molecule has 0 bridgehead atoms. The van der Waals surface area contributed by atoms with E-state index in [-0.39, 0.29) is 0 Å². The van der Waals surface area contributed by atoms with Gasteiger partial charge in [0.15, 0.2) is 0 Å². The molecular formula is C25H22N2O3. The Labute approximate surface area is 174 Å². The number of aromatic amines is 1. The minimum absolute atomic E-state index is 0.347. The van der Waals surface area contributed by atoms with Crippen LogP contribution in [0.4, 0.5) is 0 Å². The molecule has 0 saturated carbocycles. The van der Waals surface area contributed by atoms with Gasteiger partial charge in [-0.3, -0.25) is 9.59 Å². The lowest BCUT2D eigenvalue weighted by Crippen LogP contribution is -2.32. The SMILES string of the molecule is CN(Cc1ccccc1)C(=O)C(=O)c1c[nH]c2ccc(OCc3ccccc3)cc12. The Kier molecular flexibility index (Phi) is 5.61. The van der Waals surface area contributed by atoms with E-state index < -0.39 is 11.7 Å². The quantitative estimate of drug-likeness (QED) is 0.366. The van der Waals surface area contributed by atoms with Crippen LogP contribution in [0, 0.1) is 0 Å². The van der Waals surface area contributed by atoms with Gasteiger partial charge in [-0.1, -0.05) is 60.7 Å². The summed E-state index contributed by atoms with van der Waals surface area (Å²) in [6.07, 6.45) is 1.59. The van der Waals surface area contributed by atoms with Gasteiger partial charge in [0, 0.05) is 30.7 Å². The molecule has 1 heterocycles. The van der Waals surface area contributed by atoms with Crippen molar-refractivity contribution in [3.63, 3.8) is 0 Å². The zero-order valence-electron chi connectivity index (χ0n) is 16.7. The number of nitrogens with zero attached hydrogens (tertiary/aromatic N) is 1. The fourth-order valence-corrected chi connectivity index (χ4v) is 3.34. The van der Waals surface area contributed by atoms with Crippen molar-refractivity contribution in [2.75, 3.05) is 7.05 Å². The van der Waals surface area contributed by atoms with Crippen molar-refractivity contribution in [3.8, 4) is 5.75 Å². The minimum atomic E-state index is -0.546. The molecule has 0 aliphatic carbocycles. The second kappa shape index (κ2) is 8.66. The smallest absolute Gasteiger partial charge is 0.295 e. The van der Waals surface area contributed by atoms with Crippen LogP contribution in [0.25, 0.3) is 10.9 Å². The lowest BCUT2D eigenvalue weighted by molar-refractivity contribution is -0.125. The molecule has 1 N–H and O–H groups in total. The molecule has 4 aromatic rings. The summed E-state index contributed by atoms with van der Waals surface area (Å²) in [5.41, 5.74) is 3.15. The third-order valence-corrected chi connectivity index (χ3v) is 4.95. The minimum Gasteiger partial charge on any atom is -0.489 e. The van der Waals surface area contributed by atoms with Crippen molar-refractivity contribution in [1.29, 1.82) is 0 Å². The van der Waals surface area contributed by atoms with Crippen molar-refractivity contribution in [3.05, 3.63) is 102 Å². The topological polar surface area (TPSA) is 62.4 Å². The van der Waals surface area contributed by atoms with Gasteiger partial charge in [0.05, 0.1) is 5.56 Å². The molecule has 5 nitrogen and oxygen atoms in total. The summed E-state index contributed by atoms with van der Waals surface area (Å²) in [7, 11) is 1.64.